The quantitative estimate of drug-likeness (QED) is 0.800. The molecule has 19 heavy (non-hydrogen) atoms. The third-order valence-corrected chi connectivity index (χ3v) is 5.44. The molecule has 1 amide bonds. The molecular formula is C15H22N2OS. The van der Waals surface area contributed by atoms with Crippen molar-refractivity contribution < 1.29 is 4.79 Å². The summed E-state index contributed by atoms with van der Waals surface area (Å²) in [6.45, 7) is 4.79. The third kappa shape index (κ3) is 2.70. The van der Waals surface area contributed by atoms with Crippen molar-refractivity contribution in [2.75, 3.05) is 19.6 Å². The van der Waals surface area contributed by atoms with Crippen molar-refractivity contribution in [1.82, 2.24) is 10.2 Å². The molecule has 1 aromatic heterocycles. The van der Waals surface area contributed by atoms with Crippen molar-refractivity contribution in [2.24, 2.45) is 0 Å². The predicted molar refractivity (Wildman–Crippen MR) is 78.9 cm³/mol. The topological polar surface area (TPSA) is 32.3 Å². The Morgan fingerprint density at radius 1 is 1.37 bits per heavy atom. The summed E-state index contributed by atoms with van der Waals surface area (Å²) in [5, 5.41) is 3.34. The molecule has 2 aliphatic rings. The zero-order valence-corrected chi connectivity index (χ0v) is 12.4. The van der Waals surface area contributed by atoms with E-state index in [-0.39, 0.29) is 5.91 Å². The van der Waals surface area contributed by atoms with Crippen LogP contribution in [0.2, 0.25) is 0 Å². The summed E-state index contributed by atoms with van der Waals surface area (Å²) in [5.41, 5.74) is 1.44. The van der Waals surface area contributed by atoms with Gasteiger partial charge >= 0.3 is 0 Å². The van der Waals surface area contributed by atoms with Gasteiger partial charge in [0.2, 0.25) is 0 Å². The van der Waals surface area contributed by atoms with Crippen LogP contribution >= 0.6 is 11.3 Å². The number of nitrogens with zero attached hydrogens (tertiary/aromatic N) is 1. The van der Waals surface area contributed by atoms with Gasteiger partial charge in [0, 0.05) is 30.6 Å². The lowest BCUT2D eigenvalue weighted by atomic mass is 10.1. The van der Waals surface area contributed by atoms with Crippen LogP contribution in [0.1, 0.15) is 46.3 Å². The van der Waals surface area contributed by atoms with Gasteiger partial charge in [0.25, 0.3) is 5.91 Å². The van der Waals surface area contributed by atoms with Gasteiger partial charge in [0.1, 0.15) is 0 Å². The van der Waals surface area contributed by atoms with E-state index >= 15 is 0 Å². The van der Waals surface area contributed by atoms with Crippen molar-refractivity contribution in [3.05, 3.63) is 21.4 Å². The van der Waals surface area contributed by atoms with Crippen molar-refractivity contribution in [2.45, 2.75) is 45.1 Å². The van der Waals surface area contributed by atoms with Gasteiger partial charge in [0.15, 0.2) is 0 Å². The maximum Gasteiger partial charge on any atom is 0.264 e. The fourth-order valence-electron chi connectivity index (χ4n) is 3.06. The second-order valence-electron chi connectivity index (χ2n) is 5.67. The molecule has 3 rings (SSSR count). The zero-order valence-electron chi connectivity index (χ0n) is 11.6. The maximum atomic E-state index is 12.6. The molecule has 4 heteroatoms. The minimum Gasteiger partial charge on any atom is -0.333 e. The second-order valence-corrected chi connectivity index (χ2v) is 6.81. The van der Waals surface area contributed by atoms with E-state index in [0.717, 1.165) is 30.9 Å². The molecule has 0 saturated carbocycles. The first-order valence-corrected chi connectivity index (χ1v) is 8.20. The first kappa shape index (κ1) is 13.1. The Hall–Kier alpha value is -0.870. The van der Waals surface area contributed by atoms with Crippen molar-refractivity contribution in [3.8, 4) is 0 Å². The van der Waals surface area contributed by atoms with Crippen LogP contribution < -0.4 is 5.32 Å². The number of hydrogen-bond donors (Lipinski definition) is 1. The molecule has 1 saturated heterocycles. The Balaban J connectivity index is 1.80. The molecule has 0 bridgehead atoms. The molecule has 0 unspecified atom stereocenters. The van der Waals surface area contributed by atoms with E-state index in [2.05, 4.69) is 18.3 Å². The molecule has 1 N–H and O–H groups in total. The molecular weight excluding hydrogens is 256 g/mol. The number of hydrogen-bond acceptors (Lipinski definition) is 3. The summed E-state index contributed by atoms with van der Waals surface area (Å²) in [7, 11) is 0. The molecule has 104 valence electrons. The molecule has 2 heterocycles. The van der Waals surface area contributed by atoms with Crippen LogP contribution in [0.25, 0.3) is 0 Å². The summed E-state index contributed by atoms with van der Waals surface area (Å²) < 4.78 is 0. The fraction of sp³-hybridized carbons (Fsp3) is 0.667. The first-order valence-electron chi connectivity index (χ1n) is 7.39. The number of carbonyl (C=O) groups excluding carboxylic acids is 1. The molecule has 0 radical (unpaired) electrons. The molecule has 1 aromatic rings. The van der Waals surface area contributed by atoms with Gasteiger partial charge in [-0.25, -0.2) is 0 Å². The van der Waals surface area contributed by atoms with Crippen LogP contribution in [0.15, 0.2) is 6.07 Å². The van der Waals surface area contributed by atoms with Crippen LogP contribution in [0, 0.1) is 0 Å². The standard InChI is InChI=1S/C15H22N2OS/c1-11-10-16-7-8-17(11)15(18)14-9-12-5-3-2-4-6-13(12)19-14/h9,11,16H,2-8,10H2,1H3/t11-/m1/s1. The van der Waals surface area contributed by atoms with E-state index in [1.165, 1.54) is 36.1 Å². The molecule has 0 spiro atoms. The van der Waals surface area contributed by atoms with Crippen LogP contribution in [0.4, 0.5) is 0 Å². The number of thiophene rings is 1. The lowest BCUT2D eigenvalue weighted by Gasteiger charge is -2.33. The van der Waals surface area contributed by atoms with Gasteiger partial charge in [-0.2, -0.15) is 0 Å². The maximum absolute atomic E-state index is 12.6. The average molecular weight is 278 g/mol. The fourth-order valence-corrected chi connectivity index (χ4v) is 4.27. The normalized spacial score (nSPS) is 23.8. The minimum absolute atomic E-state index is 0.243. The highest BCUT2D eigenvalue weighted by molar-refractivity contribution is 7.14. The van der Waals surface area contributed by atoms with E-state index in [4.69, 9.17) is 0 Å². The average Bonchev–Trinajstić information content (AvgIpc) is 2.70. The third-order valence-electron chi connectivity index (χ3n) is 4.22. The summed E-state index contributed by atoms with van der Waals surface area (Å²) in [6.07, 6.45) is 6.23. The molecule has 1 aliphatic carbocycles. The minimum atomic E-state index is 0.243. The van der Waals surface area contributed by atoms with Crippen molar-refractivity contribution in [1.29, 1.82) is 0 Å². The first-order chi connectivity index (χ1) is 9.25. The number of nitrogens with one attached hydrogen (secondary N) is 1. The molecule has 1 fully saturated rings. The van der Waals surface area contributed by atoms with E-state index in [9.17, 15) is 4.79 Å². The SMILES string of the molecule is C[C@@H]1CNCCN1C(=O)c1cc2c(s1)CCCCC2. The van der Waals surface area contributed by atoms with Crippen LogP contribution in [0.3, 0.4) is 0 Å². The highest BCUT2D eigenvalue weighted by Gasteiger charge is 2.26. The Morgan fingerprint density at radius 3 is 3.05 bits per heavy atom. The number of carbonyl (C=O) groups is 1. The lowest BCUT2D eigenvalue weighted by molar-refractivity contribution is 0.0660. The van der Waals surface area contributed by atoms with Gasteiger partial charge in [0.05, 0.1) is 4.88 Å². The lowest BCUT2D eigenvalue weighted by Crippen LogP contribution is -2.52. The monoisotopic (exact) mass is 278 g/mol. The Labute approximate surface area is 119 Å². The van der Waals surface area contributed by atoms with Crippen molar-refractivity contribution in [3.63, 3.8) is 0 Å². The van der Waals surface area contributed by atoms with Gasteiger partial charge in [-0.1, -0.05) is 6.42 Å². The van der Waals surface area contributed by atoms with Crippen molar-refractivity contribution >= 4 is 17.2 Å². The van der Waals surface area contributed by atoms with Crippen LogP contribution in [0.5, 0.6) is 0 Å². The zero-order chi connectivity index (χ0) is 13.2. The summed E-state index contributed by atoms with van der Waals surface area (Å²) in [5.74, 6) is 0.243. The molecule has 3 nitrogen and oxygen atoms in total. The number of amides is 1. The van der Waals surface area contributed by atoms with Crippen LogP contribution in [-0.2, 0) is 12.8 Å². The predicted octanol–water partition coefficient (Wildman–Crippen LogP) is 2.45. The molecule has 1 aliphatic heterocycles. The largest absolute Gasteiger partial charge is 0.333 e. The Kier molecular flexibility index (Phi) is 3.89. The van der Waals surface area contributed by atoms with E-state index in [0.29, 0.717) is 6.04 Å². The number of piperazine rings is 1. The Bertz CT molecular complexity index is 445. The highest BCUT2D eigenvalue weighted by atomic mass is 32.1. The number of rotatable bonds is 1. The Morgan fingerprint density at radius 2 is 2.21 bits per heavy atom. The summed E-state index contributed by atoms with van der Waals surface area (Å²) in [4.78, 5) is 17.1. The van der Waals surface area contributed by atoms with Gasteiger partial charge in [-0.15, -0.1) is 11.3 Å². The number of aryl methyl sites for hydroxylation is 2. The van der Waals surface area contributed by atoms with Gasteiger partial charge in [-0.3, -0.25) is 4.79 Å². The van der Waals surface area contributed by atoms with E-state index < -0.39 is 0 Å². The van der Waals surface area contributed by atoms with Gasteiger partial charge in [-0.05, 0) is 44.2 Å². The number of fused-ring (bicyclic) bond motifs is 1. The summed E-state index contributed by atoms with van der Waals surface area (Å²) in [6, 6.07) is 2.48. The highest BCUT2D eigenvalue weighted by Crippen LogP contribution is 2.30. The molecule has 0 aromatic carbocycles. The second kappa shape index (κ2) is 5.63. The van der Waals surface area contributed by atoms with Crippen LogP contribution in [-0.4, -0.2) is 36.5 Å². The van der Waals surface area contributed by atoms with Gasteiger partial charge < -0.3 is 10.2 Å². The molecule has 1 atom stereocenters. The van der Waals surface area contributed by atoms with E-state index in [1.807, 2.05) is 4.90 Å². The summed E-state index contributed by atoms with van der Waals surface area (Å²) >= 11 is 1.74. The van der Waals surface area contributed by atoms with E-state index in [1.54, 1.807) is 11.3 Å². The smallest absolute Gasteiger partial charge is 0.264 e.